The van der Waals surface area contributed by atoms with Gasteiger partial charge in [0.1, 0.15) is 29.8 Å². The van der Waals surface area contributed by atoms with Crippen LogP contribution in [0.3, 0.4) is 0 Å². The van der Waals surface area contributed by atoms with E-state index in [1.165, 1.54) is 12.1 Å². The molecule has 10 heteroatoms. The van der Waals surface area contributed by atoms with E-state index in [1.807, 2.05) is 16.5 Å². The van der Waals surface area contributed by atoms with Crippen molar-refractivity contribution in [1.29, 1.82) is 0 Å². The Bertz CT molecular complexity index is 982. The van der Waals surface area contributed by atoms with Gasteiger partial charge in [-0.2, -0.15) is 0 Å². The minimum atomic E-state index is -0.589. The number of benzene rings is 1. The minimum Gasteiger partial charge on any atom is -0.340 e. The van der Waals surface area contributed by atoms with Gasteiger partial charge in [0.2, 0.25) is 5.91 Å². The van der Waals surface area contributed by atoms with Gasteiger partial charge in [0, 0.05) is 32.5 Å². The normalized spacial score (nSPS) is 18.0. The lowest BCUT2D eigenvalue weighted by Gasteiger charge is -2.34. The van der Waals surface area contributed by atoms with E-state index in [-0.39, 0.29) is 17.6 Å². The summed E-state index contributed by atoms with van der Waals surface area (Å²) in [7, 11) is 1.91. The van der Waals surface area contributed by atoms with Gasteiger partial charge in [-0.3, -0.25) is 4.79 Å². The van der Waals surface area contributed by atoms with Gasteiger partial charge < -0.3 is 9.47 Å². The van der Waals surface area contributed by atoms with Gasteiger partial charge in [-0.25, -0.2) is 9.07 Å². The number of carbonyl (C=O) groups is 1. The van der Waals surface area contributed by atoms with Crippen LogP contribution in [0.2, 0.25) is 0 Å². The third kappa shape index (κ3) is 4.01. The summed E-state index contributed by atoms with van der Waals surface area (Å²) in [5.41, 5.74) is 0.849. The van der Waals surface area contributed by atoms with E-state index in [4.69, 9.17) is 0 Å². The van der Waals surface area contributed by atoms with Gasteiger partial charge in [-0.1, -0.05) is 12.1 Å². The van der Waals surface area contributed by atoms with E-state index in [0.29, 0.717) is 25.3 Å². The van der Waals surface area contributed by atoms with Crippen molar-refractivity contribution < 1.29 is 9.18 Å². The second-order valence-electron chi connectivity index (χ2n) is 7.44. The van der Waals surface area contributed by atoms with Crippen LogP contribution in [-0.4, -0.2) is 58.9 Å². The van der Waals surface area contributed by atoms with E-state index in [0.717, 1.165) is 24.2 Å². The Morgan fingerprint density at radius 2 is 2.07 bits per heavy atom. The fourth-order valence-corrected chi connectivity index (χ4v) is 3.91. The van der Waals surface area contributed by atoms with Crippen LogP contribution in [-0.2, 0) is 18.3 Å². The molecule has 0 radical (unpaired) electrons. The summed E-state index contributed by atoms with van der Waals surface area (Å²) in [6.45, 7) is 3.02. The summed E-state index contributed by atoms with van der Waals surface area (Å²) in [5, 5.41) is 19.9. The highest BCUT2D eigenvalue weighted by Crippen LogP contribution is 2.27. The summed E-state index contributed by atoms with van der Waals surface area (Å²) < 4.78 is 16.8. The van der Waals surface area contributed by atoms with Gasteiger partial charge in [0.05, 0.1) is 0 Å². The number of hydrogen-bond donors (Lipinski definition) is 0. The van der Waals surface area contributed by atoms with E-state index < -0.39 is 6.04 Å². The number of aromatic nitrogens is 7. The molecule has 2 atom stereocenters. The molecule has 1 aliphatic heterocycles. The second kappa shape index (κ2) is 8.06. The van der Waals surface area contributed by atoms with Gasteiger partial charge in [-0.15, -0.1) is 15.3 Å². The van der Waals surface area contributed by atoms with Crippen molar-refractivity contribution in [2.24, 2.45) is 7.05 Å². The quantitative estimate of drug-likeness (QED) is 0.645. The van der Waals surface area contributed by atoms with E-state index in [2.05, 4.69) is 25.7 Å². The van der Waals surface area contributed by atoms with Crippen LogP contribution in [0.4, 0.5) is 4.39 Å². The fraction of sp³-hybridized carbons (Fsp3) is 0.474. The fourth-order valence-electron chi connectivity index (χ4n) is 3.91. The Labute approximate surface area is 167 Å². The zero-order valence-corrected chi connectivity index (χ0v) is 16.4. The molecule has 9 nitrogen and oxygen atoms in total. The number of hydrogen-bond acceptors (Lipinski definition) is 6. The summed E-state index contributed by atoms with van der Waals surface area (Å²) in [5.74, 6) is 1.24. The van der Waals surface area contributed by atoms with E-state index in [1.54, 1.807) is 30.1 Å². The maximum absolute atomic E-state index is 13.5. The highest BCUT2D eigenvalue weighted by Gasteiger charge is 2.33. The zero-order valence-electron chi connectivity index (χ0n) is 16.4. The Hall–Kier alpha value is -3.17. The topological polar surface area (TPSA) is 94.6 Å². The molecule has 152 valence electrons. The molecule has 1 aliphatic rings. The lowest BCUT2D eigenvalue weighted by molar-refractivity contribution is -0.136. The number of carbonyl (C=O) groups excluding carboxylic acids is 1. The number of rotatable bonds is 5. The first-order valence-electron chi connectivity index (χ1n) is 9.64. The molecular weight excluding hydrogens is 375 g/mol. The number of aryl methyl sites for hydroxylation is 2. The van der Waals surface area contributed by atoms with Crippen molar-refractivity contribution in [2.75, 3.05) is 13.1 Å². The number of nitrogens with zero attached hydrogens (tertiary/aromatic N) is 8. The maximum Gasteiger partial charge on any atom is 0.247 e. The van der Waals surface area contributed by atoms with Gasteiger partial charge in [-0.05, 0) is 47.9 Å². The van der Waals surface area contributed by atoms with Crippen molar-refractivity contribution >= 4 is 5.91 Å². The number of amides is 1. The Balaban J connectivity index is 1.58. The molecule has 0 unspecified atom stereocenters. The molecule has 1 aromatic carbocycles. The molecule has 3 aromatic rings. The van der Waals surface area contributed by atoms with Crippen LogP contribution in [0.1, 0.15) is 42.0 Å². The monoisotopic (exact) mass is 398 g/mol. The average molecular weight is 398 g/mol. The lowest BCUT2D eigenvalue weighted by atomic mass is 9.95. The SMILES string of the molecule is Cc1nnnn1[C@H](Cc1ccc(F)cc1)C(=O)N1CCC[C@H](c2nncn2C)C1. The molecule has 0 N–H and O–H groups in total. The Morgan fingerprint density at radius 1 is 1.28 bits per heavy atom. The van der Waals surface area contributed by atoms with Gasteiger partial charge in [0.15, 0.2) is 0 Å². The number of tetrazole rings is 1. The molecule has 4 rings (SSSR count). The molecule has 0 saturated carbocycles. The lowest BCUT2D eigenvalue weighted by Crippen LogP contribution is -2.44. The van der Waals surface area contributed by atoms with Crippen LogP contribution in [0, 0.1) is 12.7 Å². The van der Waals surface area contributed by atoms with Crippen LogP contribution < -0.4 is 0 Å². The summed E-state index contributed by atoms with van der Waals surface area (Å²) in [4.78, 5) is 15.4. The molecule has 3 heterocycles. The van der Waals surface area contributed by atoms with Crippen molar-refractivity contribution in [3.63, 3.8) is 0 Å². The van der Waals surface area contributed by atoms with Crippen LogP contribution in [0.15, 0.2) is 30.6 Å². The highest BCUT2D eigenvalue weighted by molar-refractivity contribution is 5.81. The first-order valence-corrected chi connectivity index (χ1v) is 9.64. The standard InChI is InChI=1S/C19H23FN8O/c1-13-22-24-25-28(13)17(10-14-5-7-16(20)8-6-14)19(29)27-9-3-4-15(11-27)18-23-21-12-26(18)2/h5-8,12,15,17H,3-4,9-11H2,1-2H3/t15-,17+/m0/s1. The summed E-state index contributed by atoms with van der Waals surface area (Å²) in [6.07, 6.45) is 3.91. The maximum atomic E-state index is 13.5. The van der Waals surface area contributed by atoms with Crippen molar-refractivity contribution in [1.82, 2.24) is 39.9 Å². The van der Waals surface area contributed by atoms with Gasteiger partial charge in [0.25, 0.3) is 0 Å². The molecule has 1 saturated heterocycles. The molecule has 0 bridgehead atoms. The van der Waals surface area contributed by atoms with Crippen molar-refractivity contribution in [3.8, 4) is 0 Å². The largest absolute Gasteiger partial charge is 0.340 e. The average Bonchev–Trinajstić information content (AvgIpc) is 3.35. The second-order valence-corrected chi connectivity index (χ2v) is 7.44. The molecule has 1 fully saturated rings. The number of likely N-dealkylation sites (tertiary alicyclic amines) is 1. The Kier molecular flexibility index (Phi) is 5.32. The smallest absolute Gasteiger partial charge is 0.247 e. The molecule has 2 aromatic heterocycles. The third-order valence-electron chi connectivity index (χ3n) is 5.42. The predicted molar refractivity (Wildman–Crippen MR) is 101 cm³/mol. The predicted octanol–water partition coefficient (Wildman–Crippen LogP) is 1.44. The van der Waals surface area contributed by atoms with Crippen molar-refractivity contribution in [3.05, 3.63) is 53.6 Å². The first-order chi connectivity index (χ1) is 14.0. The van der Waals surface area contributed by atoms with Gasteiger partial charge >= 0.3 is 0 Å². The molecule has 1 amide bonds. The van der Waals surface area contributed by atoms with Crippen molar-refractivity contribution in [2.45, 2.75) is 38.1 Å². The van der Waals surface area contributed by atoms with E-state index >= 15 is 0 Å². The highest BCUT2D eigenvalue weighted by atomic mass is 19.1. The molecular formula is C19H23FN8O. The summed E-state index contributed by atoms with van der Waals surface area (Å²) >= 11 is 0. The Morgan fingerprint density at radius 3 is 2.72 bits per heavy atom. The molecule has 0 spiro atoms. The van der Waals surface area contributed by atoms with E-state index in [9.17, 15) is 9.18 Å². The first kappa shape index (κ1) is 19.2. The third-order valence-corrected chi connectivity index (χ3v) is 5.42. The zero-order chi connectivity index (χ0) is 20.4. The number of piperidine rings is 1. The summed E-state index contributed by atoms with van der Waals surface area (Å²) in [6, 6.07) is 5.58. The molecule has 0 aliphatic carbocycles. The van der Waals surface area contributed by atoms with Crippen LogP contribution in [0.25, 0.3) is 0 Å². The van der Waals surface area contributed by atoms with Crippen LogP contribution >= 0.6 is 0 Å². The number of halogens is 1. The minimum absolute atomic E-state index is 0.0448. The van der Waals surface area contributed by atoms with Crippen LogP contribution in [0.5, 0.6) is 0 Å². The molecule has 29 heavy (non-hydrogen) atoms.